The number of aromatic nitrogens is 1. The molecule has 0 aromatic carbocycles. The van der Waals surface area contributed by atoms with Gasteiger partial charge in [-0.2, -0.15) is 0 Å². The summed E-state index contributed by atoms with van der Waals surface area (Å²) in [5.41, 5.74) is 0.583. The number of pyridine rings is 1. The third-order valence-electron chi connectivity index (χ3n) is 4.35. The fraction of sp³-hybridized carbons (Fsp3) is 0.688. The lowest BCUT2D eigenvalue weighted by molar-refractivity contribution is 0.0690. The molecule has 0 amide bonds. The number of hydrogen-bond donors (Lipinski definition) is 1. The molecule has 1 N–H and O–H groups in total. The number of likely N-dealkylation sites (N-methyl/N-ethyl adjacent to an activating group) is 2. The SMILES string of the molecule is CCNC(c1ccncc1F)C(C)(CC)N(CC)CC. The first-order valence-corrected chi connectivity index (χ1v) is 7.62. The Kier molecular flexibility index (Phi) is 6.56. The van der Waals surface area contributed by atoms with Crippen molar-refractivity contribution in [3.05, 3.63) is 29.8 Å². The van der Waals surface area contributed by atoms with Crippen molar-refractivity contribution >= 4 is 0 Å². The molecular weight excluding hydrogens is 253 g/mol. The first-order valence-electron chi connectivity index (χ1n) is 7.62. The average Bonchev–Trinajstić information content (AvgIpc) is 2.46. The number of halogens is 1. The quantitative estimate of drug-likeness (QED) is 0.792. The molecule has 0 aliphatic rings. The Morgan fingerprint density at radius 3 is 2.40 bits per heavy atom. The van der Waals surface area contributed by atoms with Crippen molar-refractivity contribution in [2.24, 2.45) is 0 Å². The largest absolute Gasteiger partial charge is 0.309 e. The van der Waals surface area contributed by atoms with Crippen LogP contribution in [0.1, 0.15) is 52.6 Å². The van der Waals surface area contributed by atoms with Crippen molar-refractivity contribution in [1.29, 1.82) is 0 Å². The summed E-state index contributed by atoms with van der Waals surface area (Å²) in [4.78, 5) is 6.27. The van der Waals surface area contributed by atoms with E-state index < -0.39 is 0 Å². The molecule has 3 nitrogen and oxygen atoms in total. The Morgan fingerprint density at radius 1 is 1.30 bits per heavy atom. The van der Waals surface area contributed by atoms with Crippen LogP contribution in [-0.2, 0) is 0 Å². The van der Waals surface area contributed by atoms with E-state index in [2.05, 4.69) is 49.8 Å². The topological polar surface area (TPSA) is 28.2 Å². The van der Waals surface area contributed by atoms with Crippen LogP contribution in [0.15, 0.2) is 18.5 Å². The highest BCUT2D eigenvalue weighted by Gasteiger charge is 2.38. The van der Waals surface area contributed by atoms with Crippen molar-refractivity contribution in [1.82, 2.24) is 15.2 Å². The molecule has 0 fully saturated rings. The summed E-state index contributed by atoms with van der Waals surface area (Å²) in [6.07, 6.45) is 3.92. The summed E-state index contributed by atoms with van der Waals surface area (Å²) in [5, 5.41) is 3.47. The van der Waals surface area contributed by atoms with E-state index in [1.807, 2.05) is 0 Å². The van der Waals surface area contributed by atoms with Crippen molar-refractivity contribution in [2.45, 2.75) is 52.6 Å². The summed E-state index contributed by atoms with van der Waals surface area (Å²) in [6, 6.07) is 1.75. The van der Waals surface area contributed by atoms with E-state index in [1.165, 1.54) is 6.20 Å². The van der Waals surface area contributed by atoms with Gasteiger partial charge >= 0.3 is 0 Å². The molecule has 114 valence electrons. The summed E-state index contributed by atoms with van der Waals surface area (Å²) < 4.78 is 14.2. The van der Waals surface area contributed by atoms with E-state index in [0.717, 1.165) is 26.1 Å². The second kappa shape index (κ2) is 7.70. The van der Waals surface area contributed by atoms with Crippen molar-refractivity contribution in [3.8, 4) is 0 Å². The normalized spacial score (nSPS) is 16.1. The molecule has 4 heteroatoms. The zero-order valence-corrected chi connectivity index (χ0v) is 13.4. The monoisotopic (exact) mass is 281 g/mol. The van der Waals surface area contributed by atoms with Crippen LogP contribution < -0.4 is 5.32 Å². The van der Waals surface area contributed by atoms with Crippen LogP contribution >= 0.6 is 0 Å². The third kappa shape index (κ3) is 3.36. The molecule has 0 saturated carbocycles. The molecule has 1 heterocycles. The molecule has 1 aromatic rings. The molecule has 1 aromatic heterocycles. The Bertz CT molecular complexity index is 406. The summed E-state index contributed by atoms with van der Waals surface area (Å²) in [6.45, 7) is 13.5. The van der Waals surface area contributed by atoms with Gasteiger partial charge in [-0.15, -0.1) is 0 Å². The minimum atomic E-state index is -0.231. The van der Waals surface area contributed by atoms with Crippen LogP contribution in [0, 0.1) is 5.82 Å². The summed E-state index contributed by atoms with van der Waals surface area (Å²) in [7, 11) is 0. The molecule has 0 saturated heterocycles. The standard InChI is InChI=1S/C16H28FN3/c1-6-16(5,20(8-3)9-4)15(19-7-2)13-10-11-18-12-14(13)17/h10-12,15,19H,6-9H2,1-5H3. The van der Waals surface area contributed by atoms with Gasteiger partial charge < -0.3 is 5.32 Å². The zero-order valence-electron chi connectivity index (χ0n) is 13.4. The van der Waals surface area contributed by atoms with Crippen LogP contribution in [0.4, 0.5) is 4.39 Å². The highest BCUT2D eigenvalue weighted by Crippen LogP contribution is 2.35. The van der Waals surface area contributed by atoms with Crippen molar-refractivity contribution in [2.75, 3.05) is 19.6 Å². The zero-order chi connectivity index (χ0) is 15.2. The summed E-state index contributed by atoms with van der Waals surface area (Å²) >= 11 is 0. The van der Waals surface area contributed by atoms with Gasteiger partial charge in [-0.25, -0.2) is 4.39 Å². The molecule has 0 spiro atoms. The average molecular weight is 281 g/mol. The van der Waals surface area contributed by atoms with E-state index in [9.17, 15) is 4.39 Å². The van der Waals surface area contributed by atoms with Crippen molar-refractivity contribution in [3.63, 3.8) is 0 Å². The van der Waals surface area contributed by atoms with Gasteiger partial charge in [-0.3, -0.25) is 9.88 Å². The van der Waals surface area contributed by atoms with Gasteiger partial charge in [0.1, 0.15) is 5.82 Å². The van der Waals surface area contributed by atoms with Gasteiger partial charge in [0.15, 0.2) is 0 Å². The van der Waals surface area contributed by atoms with E-state index in [1.54, 1.807) is 12.3 Å². The lowest BCUT2D eigenvalue weighted by atomic mass is 9.82. The molecule has 0 radical (unpaired) electrons. The van der Waals surface area contributed by atoms with Gasteiger partial charge in [0.05, 0.1) is 12.2 Å². The lowest BCUT2D eigenvalue weighted by Gasteiger charge is -2.46. The second-order valence-corrected chi connectivity index (χ2v) is 5.27. The predicted octanol–water partition coefficient (Wildman–Crippen LogP) is 3.38. The number of rotatable bonds is 8. The Hall–Kier alpha value is -1.00. The van der Waals surface area contributed by atoms with Gasteiger partial charge in [-0.05, 0) is 39.0 Å². The first kappa shape index (κ1) is 17.1. The second-order valence-electron chi connectivity index (χ2n) is 5.27. The minimum absolute atomic E-state index is 0.0413. The molecule has 1 rings (SSSR count). The Morgan fingerprint density at radius 2 is 1.95 bits per heavy atom. The van der Waals surface area contributed by atoms with Crippen LogP contribution in [0.3, 0.4) is 0 Å². The van der Waals surface area contributed by atoms with Crippen LogP contribution in [0.25, 0.3) is 0 Å². The number of nitrogens with zero attached hydrogens (tertiary/aromatic N) is 2. The van der Waals surface area contributed by atoms with Gasteiger partial charge in [0.25, 0.3) is 0 Å². The van der Waals surface area contributed by atoms with Crippen LogP contribution in [0.5, 0.6) is 0 Å². The van der Waals surface area contributed by atoms with E-state index >= 15 is 0 Å². The maximum absolute atomic E-state index is 14.2. The molecular formula is C16H28FN3. The fourth-order valence-corrected chi connectivity index (χ4v) is 3.05. The molecule has 2 unspecified atom stereocenters. The Balaban J connectivity index is 3.26. The first-order chi connectivity index (χ1) is 9.54. The van der Waals surface area contributed by atoms with Crippen LogP contribution in [0.2, 0.25) is 0 Å². The summed E-state index contributed by atoms with van der Waals surface area (Å²) in [5.74, 6) is -0.231. The smallest absolute Gasteiger partial charge is 0.146 e. The number of nitrogens with one attached hydrogen (secondary N) is 1. The molecule has 0 aliphatic carbocycles. The van der Waals surface area contributed by atoms with E-state index in [-0.39, 0.29) is 17.4 Å². The lowest BCUT2D eigenvalue weighted by Crippen LogP contribution is -2.54. The predicted molar refractivity (Wildman–Crippen MR) is 82.2 cm³/mol. The van der Waals surface area contributed by atoms with E-state index in [4.69, 9.17) is 0 Å². The fourth-order valence-electron chi connectivity index (χ4n) is 3.05. The van der Waals surface area contributed by atoms with Crippen LogP contribution in [-0.4, -0.2) is 35.1 Å². The van der Waals surface area contributed by atoms with Crippen molar-refractivity contribution < 1.29 is 4.39 Å². The Labute approximate surface area is 122 Å². The maximum atomic E-state index is 14.2. The number of hydrogen-bond acceptors (Lipinski definition) is 3. The molecule has 0 bridgehead atoms. The molecule has 0 aliphatic heterocycles. The minimum Gasteiger partial charge on any atom is -0.309 e. The third-order valence-corrected chi connectivity index (χ3v) is 4.35. The van der Waals surface area contributed by atoms with E-state index in [0.29, 0.717) is 5.56 Å². The maximum Gasteiger partial charge on any atom is 0.146 e. The van der Waals surface area contributed by atoms with Gasteiger partial charge in [0, 0.05) is 17.3 Å². The molecule has 20 heavy (non-hydrogen) atoms. The highest BCUT2D eigenvalue weighted by atomic mass is 19.1. The van der Waals surface area contributed by atoms with Gasteiger partial charge in [-0.1, -0.05) is 27.7 Å². The molecule has 2 atom stereocenters. The van der Waals surface area contributed by atoms with Gasteiger partial charge in [0.2, 0.25) is 0 Å². The highest BCUT2D eigenvalue weighted by molar-refractivity contribution is 5.22.